The average molecular weight is 166 g/mol. The summed E-state index contributed by atoms with van der Waals surface area (Å²) < 4.78 is 12.4. The summed E-state index contributed by atoms with van der Waals surface area (Å²) in [6, 6.07) is 3.68. The van der Waals surface area contributed by atoms with Crippen molar-refractivity contribution < 1.29 is 4.39 Å². The summed E-state index contributed by atoms with van der Waals surface area (Å²) in [5.41, 5.74) is 0.918. The van der Waals surface area contributed by atoms with E-state index in [4.69, 9.17) is 0 Å². The Hall–Kier alpha value is -1.12. The molecular weight excluding hydrogens is 155 g/mol. The van der Waals surface area contributed by atoms with E-state index in [1.54, 1.807) is 6.07 Å². The highest BCUT2D eigenvalue weighted by Gasteiger charge is 2.16. The molecule has 64 valence electrons. The van der Waals surface area contributed by atoms with Gasteiger partial charge in [0.1, 0.15) is 0 Å². The summed E-state index contributed by atoms with van der Waals surface area (Å²) in [7, 11) is 0. The standard InChI is InChI=1S/C9H11FN2/c10-9-5-4-8(6-11-9)12-7-2-1-3-7/h4-7,12H,1-3H2. The maximum atomic E-state index is 12.4. The van der Waals surface area contributed by atoms with E-state index in [2.05, 4.69) is 10.3 Å². The molecule has 1 aromatic rings. The fraction of sp³-hybridized carbons (Fsp3) is 0.444. The smallest absolute Gasteiger partial charge is 0.212 e. The highest BCUT2D eigenvalue weighted by atomic mass is 19.1. The van der Waals surface area contributed by atoms with Crippen LogP contribution < -0.4 is 5.32 Å². The van der Waals surface area contributed by atoms with Crippen LogP contribution in [0.5, 0.6) is 0 Å². The minimum atomic E-state index is -0.422. The molecule has 0 spiro atoms. The molecule has 0 amide bonds. The van der Waals surface area contributed by atoms with Crippen molar-refractivity contribution in [2.24, 2.45) is 0 Å². The summed E-state index contributed by atoms with van der Waals surface area (Å²) >= 11 is 0. The Morgan fingerprint density at radius 1 is 1.42 bits per heavy atom. The van der Waals surface area contributed by atoms with Gasteiger partial charge in [0.15, 0.2) is 0 Å². The first-order valence-corrected chi connectivity index (χ1v) is 4.23. The molecule has 2 nitrogen and oxygen atoms in total. The highest BCUT2D eigenvalue weighted by molar-refractivity contribution is 5.41. The zero-order valence-electron chi connectivity index (χ0n) is 6.76. The van der Waals surface area contributed by atoms with E-state index in [-0.39, 0.29) is 0 Å². The first kappa shape index (κ1) is 7.53. The topological polar surface area (TPSA) is 24.9 Å². The summed E-state index contributed by atoms with van der Waals surface area (Å²) in [6.45, 7) is 0. The Morgan fingerprint density at radius 2 is 2.25 bits per heavy atom. The lowest BCUT2D eigenvalue weighted by Gasteiger charge is -2.27. The number of nitrogens with one attached hydrogen (secondary N) is 1. The van der Waals surface area contributed by atoms with Gasteiger partial charge in [0.05, 0.1) is 11.9 Å². The van der Waals surface area contributed by atoms with Crippen molar-refractivity contribution >= 4 is 5.69 Å². The van der Waals surface area contributed by atoms with Gasteiger partial charge in [-0.15, -0.1) is 0 Å². The van der Waals surface area contributed by atoms with Gasteiger partial charge >= 0.3 is 0 Å². The molecule has 1 aliphatic carbocycles. The molecule has 0 unspecified atom stereocenters. The van der Waals surface area contributed by atoms with Gasteiger partial charge < -0.3 is 5.32 Å². The van der Waals surface area contributed by atoms with Crippen molar-refractivity contribution in [3.05, 3.63) is 24.3 Å². The molecule has 2 rings (SSSR count). The average Bonchev–Trinajstić information content (AvgIpc) is 2.00. The lowest BCUT2D eigenvalue weighted by Crippen LogP contribution is -2.26. The zero-order chi connectivity index (χ0) is 8.39. The van der Waals surface area contributed by atoms with Crippen LogP contribution in [-0.4, -0.2) is 11.0 Å². The van der Waals surface area contributed by atoms with Crippen molar-refractivity contribution in [3.8, 4) is 0 Å². The molecule has 0 atom stereocenters. The fourth-order valence-electron chi connectivity index (χ4n) is 1.25. The highest BCUT2D eigenvalue weighted by Crippen LogP contribution is 2.22. The van der Waals surface area contributed by atoms with Crippen LogP contribution in [0.4, 0.5) is 10.1 Å². The van der Waals surface area contributed by atoms with Crippen LogP contribution in [0.25, 0.3) is 0 Å². The maximum absolute atomic E-state index is 12.4. The second kappa shape index (κ2) is 3.09. The molecule has 0 aliphatic heterocycles. The minimum Gasteiger partial charge on any atom is -0.381 e. The van der Waals surface area contributed by atoms with Gasteiger partial charge in [0.25, 0.3) is 0 Å². The van der Waals surface area contributed by atoms with Gasteiger partial charge in [0.2, 0.25) is 5.95 Å². The third-order valence-electron chi connectivity index (χ3n) is 2.20. The van der Waals surface area contributed by atoms with E-state index >= 15 is 0 Å². The number of aromatic nitrogens is 1. The van der Waals surface area contributed by atoms with Crippen LogP contribution in [-0.2, 0) is 0 Å². The molecule has 1 aliphatic rings. The predicted molar refractivity (Wildman–Crippen MR) is 45.5 cm³/mol. The largest absolute Gasteiger partial charge is 0.381 e. The molecule has 0 aromatic carbocycles. The molecule has 1 heterocycles. The van der Waals surface area contributed by atoms with Gasteiger partial charge in [0, 0.05) is 6.04 Å². The number of halogens is 1. The molecule has 0 bridgehead atoms. The van der Waals surface area contributed by atoms with Gasteiger partial charge in [-0.05, 0) is 31.4 Å². The van der Waals surface area contributed by atoms with E-state index in [1.165, 1.54) is 31.5 Å². The summed E-state index contributed by atoms with van der Waals surface area (Å²) in [6.07, 6.45) is 5.27. The molecule has 12 heavy (non-hydrogen) atoms. The number of hydrogen-bond acceptors (Lipinski definition) is 2. The monoisotopic (exact) mass is 166 g/mol. The Bertz CT molecular complexity index is 254. The van der Waals surface area contributed by atoms with E-state index in [0.717, 1.165) is 5.69 Å². The van der Waals surface area contributed by atoms with Crippen molar-refractivity contribution in [2.45, 2.75) is 25.3 Å². The van der Waals surface area contributed by atoms with Gasteiger partial charge in [-0.3, -0.25) is 0 Å². The van der Waals surface area contributed by atoms with Crippen LogP contribution in [0.2, 0.25) is 0 Å². The van der Waals surface area contributed by atoms with Gasteiger partial charge in [-0.25, -0.2) is 4.98 Å². The third-order valence-corrected chi connectivity index (χ3v) is 2.20. The summed E-state index contributed by atoms with van der Waals surface area (Å²) in [5, 5.41) is 3.28. The lowest BCUT2D eigenvalue weighted by atomic mass is 9.93. The number of hydrogen-bond donors (Lipinski definition) is 1. The fourth-order valence-corrected chi connectivity index (χ4v) is 1.25. The number of rotatable bonds is 2. The molecule has 3 heteroatoms. The maximum Gasteiger partial charge on any atom is 0.212 e. The van der Waals surface area contributed by atoms with Gasteiger partial charge in [-0.1, -0.05) is 0 Å². The molecule has 1 aromatic heterocycles. The Balaban J connectivity index is 1.98. The molecule has 1 saturated carbocycles. The van der Waals surface area contributed by atoms with Gasteiger partial charge in [-0.2, -0.15) is 4.39 Å². The zero-order valence-corrected chi connectivity index (χ0v) is 6.76. The van der Waals surface area contributed by atoms with E-state index in [0.29, 0.717) is 6.04 Å². The Kier molecular flexibility index (Phi) is 1.94. The molecule has 0 radical (unpaired) electrons. The minimum absolute atomic E-state index is 0.422. The quantitative estimate of drug-likeness (QED) is 0.681. The van der Waals surface area contributed by atoms with Crippen LogP contribution >= 0.6 is 0 Å². The Morgan fingerprint density at radius 3 is 2.75 bits per heavy atom. The second-order valence-electron chi connectivity index (χ2n) is 3.14. The molecule has 0 saturated heterocycles. The second-order valence-corrected chi connectivity index (χ2v) is 3.14. The van der Waals surface area contributed by atoms with Crippen LogP contribution in [0, 0.1) is 5.95 Å². The third kappa shape index (κ3) is 1.55. The van der Waals surface area contributed by atoms with E-state index < -0.39 is 5.95 Å². The van der Waals surface area contributed by atoms with Crippen molar-refractivity contribution in [2.75, 3.05) is 5.32 Å². The predicted octanol–water partition coefficient (Wildman–Crippen LogP) is 2.19. The number of pyridine rings is 1. The van der Waals surface area contributed by atoms with Crippen molar-refractivity contribution in [1.82, 2.24) is 4.98 Å². The Labute approximate surface area is 70.8 Å². The molecule has 1 N–H and O–H groups in total. The lowest BCUT2D eigenvalue weighted by molar-refractivity contribution is 0.445. The SMILES string of the molecule is Fc1ccc(NC2CCC2)cn1. The number of anilines is 1. The number of nitrogens with zero attached hydrogens (tertiary/aromatic N) is 1. The van der Waals surface area contributed by atoms with Crippen LogP contribution in [0.1, 0.15) is 19.3 Å². The van der Waals surface area contributed by atoms with Crippen molar-refractivity contribution in [1.29, 1.82) is 0 Å². The van der Waals surface area contributed by atoms with Crippen LogP contribution in [0.15, 0.2) is 18.3 Å². The summed E-state index contributed by atoms with van der Waals surface area (Å²) in [5.74, 6) is -0.422. The first-order valence-electron chi connectivity index (χ1n) is 4.23. The molecular formula is C9H11FN2. The van der Waals surface area contributed by atoms with E-state index in [1.807, 2.05) is 0 Å². The van der Waals surface area contributed by atoms with Crippen LogP contribution in [0.3, 0.4) is 0 Å². The van der Waals surface area contributed by atoms with Crippen molar-refractivity contribution in [3.63, 3.8) is 0 Å². The summed E-state index contributed by atoms with van der Waals surface area (Å²) in [4.78, 5) is 3.56. The first-order chi connectivity index (χ1) is 5.84. The molecule has 1 fully saturated rings. The van der Waals surface area contributed by atoms with E-state index in [9.17, 15) is 4.39 Å². The normalized spacial score (nSPS) is 17.1.